The Morgan fingerprint density at radius 3 is 2.40 bits per heavy atom. The maximum absolute atomic E-state index is 5.34. The molecule has 0 radical (unpaired) electrons. The summed E-state index contributed by atoms with van der Waals surface area (Å²) >= 11 is 0. The van der Waals surface area contributed by atoms with E-state index in [0.717, 1.165) is 36.1 Å². The first kappa shape index (κ1) is 13.2. The molecule has 0 aromatic heterocycles. The average Bonchev–Trinajstić information content (AvgIpc) is 2.87. The molecule has 1 atom stereocenters. The molecule has 1 heterocycles. The highest BCUT2D eigenvalue weighted by Gasteiger charge is 2.48. The molecule has 1 aliphatic heterocycles. The summed E-state index contributed by atoms with van der Waals surface area (Å²) in [5, 5.41) is 3.49. The molecule has 0 spiro atoms. The van der Waals surface area contributed by atoms with Crippen molar-refractivity contribution in [3.63, 3.8) is 0 Å². The minimum Gasteiger partial charge on any atom is -0.302 e. The van der Waals surface area contributed by atoms with Gasteiger partial charge in [-0.15, -0.1) is 6.42 Å². The summed E-state index contributed by atoms with van der Waals surface area (Å²) in [4.78, 5) is 2.72. The van der Waals surface area contributed by atoms with Crippen LogP contribution in [0, 0.1) is 41.9 Å². The van der Waals surface area contributed by atoms with Crippen molar-refractivity contribution in [2.75, 3.05) is 26.2 Å². The third-order valence-corrected chi connectivity index (χ3v) is 6.66. The lowest BCUT2D eigenvalue weighted by molar-refractivity contribution is -0.0470. The van der Waals surface area contributed by atoms with Crippen molar-refractivity contribution in [1.82, 2.24) is 10.2 Å². The maximum Gasteiger partial charge on any atom is 0.0576 e. The van der Waals surface area contributed by atoms with Crippen LogP contribution in [0.5, 0.6) is 0 Å². The highest BCUT2D eigenvalue weighted by atomic mass is 15.2. The fraction of sp³-hybridized carbons (Fsp3) is 0.889. The molecule has 20 heavy (non-hydrogen) atoms. The van der Waals surface area contributed by atoms with Crippen LogP contribution in [0.2, 0.25) is 0 Å². The van der Waals surface area contributed by atoms with E-state index in [-0.39, 0.29) is 0 Å². The molecule has 0 aromatic rings. The molecule has 5 rings (SSSR count). The van der Waals surface area contributed by atoms with Crippen molar-refractivity contribution < 1.29 is 0 Å². The van der Waals surface area contributed by atoms with Crippen LogP contribution < -0.4 is 5.32 Å². The van der Waals surface area contributed by atoms with Crippen molar-refractivity contribution in [2.45, 2.75) is 44.6 Å². The Labute approximate surface area is 123 Å². The SMILES string of the molecule is C#CCNC1CCN(CC2C3CC4CC(C3)CC2C4)C1. The van der Waals surface area contributed by atoms with E-state index in [4.69, 9.17) is 6.42 Å². The van der Waals surface area contributed by atoms with Crippen LogP contribution in [-0.2, 0) is 0 Å². The van der Waals surface area contributed by atoms with Crippen LogP contribution in [0.1, 0.15) is 38.5 Å². The van der Waals surface area contributed by atoms with Gasteiger partial charge in [-0.1, -0.05) is 5.92 Å². The van der Waals surface area contributed by atoms with Gasteiger partial charge in [0, 0.05) is 19.1 Å². The molecular weight excluding hydrogens is 244 g/mol. The Morgan fingerprint density at radius 1 is 1.05 bits per heavy atom. The standard InChI is InChI=1S/C18H28N2/c1-2-4-19-17-3-5-20(11-17)12-18-15-7-13-6-14(9-15)10-16(18)8-13/h1,13-19H,3-12H2. The van der Waals surface area contributed by atoms with Crippen molar-refractivity contribution in [3.8, 4) is 12.3 Å². The third kappa shape index (κ3) is 2.40. The molecule has 4 saturated carbocycles. The fourth-order valence-electron chi connectivity index (χ4n) is 6.00. The van der Waals surface area contributed by atoms with E-state index in [1.54, 1.807) is 32.1 Å². The summed E-state index contributed by atoms with van der Waals surface area (Å²) in [5.41, 5.74) is 0. The number of nitrogens with one attached hydrogen (secondary N) is 1. The van der Waals surface area contributed by atoms with E-state index in [0.29, 0.717) is 6.04 Å². The van der Waals surface area contributed by atoms with E-state index in [1.807, 2.05) is 0 Å². The highest BCUT2D eigenvalue weighted by molar-refractivity contribution is 4.99. The molecule has 4 aliphatic carbocycles. The molecule has 4 bridgehead atoms. The minimum atomic E-state index is 0.642. The summed E-state index contributed by atoms with van der Waals surface area (Å²) in [6.45, 7) is 4.62. The first-order valence-corrected chi connectivity index (χ1v) is 8.71. The molecule has 1 saturated heterocycles. The molecule has 0 amide bonds. The van der Waals surface area contributed by atoms with Crippen molar-refractivity contribution >= 4 is 0 Å². The van der Waals surface area contributed by atoms with Crippen LogP contribution >= 0.6 is 0 Å². The summed E-state index contributed by atoms with van der Waals surface area (Å²) in [6, 6.07) is 0.642. The summed E-state index contributed by atoms with van der Waals surface area (Å²) in [6.07, 6.45) is 14.4. The van der Waals surface area contributed by atoms with E-state index in [2.05, 4.69) is 16.1 Å². The molecule has 2 nitrogen and oxygen atoms in total. The molecule has 1 N–H and O–H groups in total. The van der Waals surface area contributed by atoms with E-state index in [9.17, 15) is 0 Å². The van der Waals surface area contributed by atoms with Gasteiger partial charge in [0.1, 0.15) is 0 Å². The number of nitrogens with zero attached hydrogens (tertiary/aromatic N) is 1. The van der Waals surface area contributed by atoms with Crippen LogP contribution in [-0.4, -0.2) is 37.1 Å². The molecular formula is C18H28N2. The minimum absolute atomic E-state index is 0.642. The molecule has 110 valence electrons. The van der Waals surface area contributed by atoms with Gasteiger partial charge in [-0.05, 0) is 74.7 Å². The van der Waals surface area contributed by atoms with Crippen LogP contribution in [0.3, 0.4) is 0 Å². The Kier molecular flexibility index (Phi) is 3.52. The molecule has 2 heteroatoms. The Bertz CT molecular complexity index is 369. The molecule has 1 unspecified atom stereocenters. The zero-order valence-corrected chi connectivity index (χ0v) is 12.6. The lowest BCUT2D eigenvalue weighted by Crippen LogP contribution is -2.49. The van der Waals surface area contributed by atoms with Crippen LogP contribution in [0.15, 0.2) is 0 Å². The number of hydrogen-bond acceptors (Lipinski definition) is 2. The van der Waals surface area contributed by atoms with Gasteiger partial charge in [-0.3, -0.25) is 0 Å². The highest BCUT2D eigenvalue weighted by Crippen LogP contribution is 2.56. The lowest BCUT2D eigenvalue weighted by atomic mass is 9.52. The van der Waals surface area contributed by atoms with E-state index < -0.39 is 0 Å². The first-order chi connectivity index (χ1) is 9.81. The first-order valence-electron chi connectivity index (χ1n) is 8.71. The Balaban J connectivity index is 1.33. The number of rotatable bonds is 4. The zero-order valence-electron chi connectivity index (χ0n) is 12.6. The second-order valence-electron chi connectivity index (χ2n) is 7.92. The van der Waals surface area contributed by atoms with Gasteiger partial charge in [0.2, 0.25) is 0 Å². The van der Waals surface area contributed by atoms with Crippen molar-refractivity contribution in [2.24, 2.45) is 29.6 Å². The molecule has 5 fully saturated rings. The second kappa shape index (κ2) is 5.35. The van der Waals surface area contributed by atoms with Gasteiger partial charge in [0.05, 0.1) is 6.54 Å². The van der Waals surface area contributed by atoms with Crippen molar-refractivity contribution in [1.29, 1.82) is 0 Å². The third-order valence-electron chi connectivity index (χ3n) is 6.66. The Morgan fingerprint density at radius 2 is 1.75 bits per heavy atom. The van der Waals surface area contributed by atoms with Gasteiger partial charge in [0.15, 0.2) is 0 Å². The van der Waals surface area contributed by atoms with Crippen molar-refractivity contribution in [3.05, 3.63) is 0 Å². The maximum atomic E-state index is 5.34. The van der Waals surface area contributed by atoms with Crippen LogP contribution in [0.25, 0.3) is 0 Å². The summed E-state index contributed by atoms with van der Waals surface area (Å²) in [5.74, 6) is 8.09. The average molecular weight is 272 g/mol. The fourth-order valence-corrected chi connectivity index (χ4v) is 6.00. The predicted molar refractivity (Wildman–Crippen MR) is 82.2 cm³/mol. The normalized spacial score (nSPS) is 46.8. The number of hydrogen-bond donors (Lipinski definition) is 1. The monoisotopic (exact) mass is 272 g/mol. The van der Waals surface area contributed by atoms with E-state index >= 15 is 0 Å². The topological polar surface area (TPSA) is 15.3 Å². The van der Waals surface area contributed by atoms with E-state index in [1.165, 1.54) is 26.1 Å². The van der Waals surface area contributed by atoms with Gasteiger partial charge >= 0.3 is 0 Å². The summed E-state index contributed by atoms with van der Waals surface area (Å²) < 4.78 is 0. The number of likely N-dealkylation sites (tertiary alicyclic amines) is 1. The second-order valence-corrected chi connectivity index (χ2v) is 7.92. The van der Waals surface area contributed by atoms with Gasteiger partial charge < -0.3 is 10.2 Å². The molecule has 0 aromatic carbocycles. The molecule has 5 aliphatic rings. The quantitative estimate of drug-likeness (QED) is 0.790. The van der Waals surface area contributed by atoms with Gasteiger partial charge in [0.25, 0.3) is 0 Å². The van der Waals surface area contributed by atoms with Gasteiger partial charge in [-0.2, -0.15) is 0 Å². The van der Waals surface area contributed by atoms with Crippen LogP contribution in [0.4, 0.5) is 0 Å². The zero-order chi connectivity index (χ0) is 13.5. The smallest absolute Gasteiger partial charge is 0.0576 e. The largest absolute Gasteiger partial charge is 0.302 e. The Hall–Kier alpha value is -0.520. The summed E-state index contributed by atoms with van der Waals surface area (Å²) in [7, 11) is 0. The number of terminal acetylenes is 1. The lowest BCUT2D eigenvalue weighted by Gasteiger charge is -2.55. The predicted octanol–water partition coefficient (Wildman–Crippen LogP) is 2.36. The van der Waals surface area contributed by atoms with Gasteiger partial charge in [-0.25, -0.2) is 0 Å².